The van der Waals surface area contributed by atoms with Gasteiger partial charge in [-0.25, -0.2) is 18.4 Å². The Hall–Kier alpha value is -2.68. The number of hydrogen-bond acceptors (Lipinski definition) is 7. The molecule has 138 valence electrons. The largest absolute Gasteiger partial charge is 0.494 e. The predicted octanol–water partition coefficient (Wildman–Crippen LogP) is 1.54. The Labute approximate surface area is 151 Å². The molecule has 1 aliphatic rings. The first-order valence-corrected chi connectivity index (χ1v) is 10.1. The highest BCUT2D eigenvalue weighted by Crippen LogP contribution is 2.18. The van der Waals surface area contributed by atoms with E-state index >= 15 is 0 Å². The lowest BCUT2D eigenvalue weighted by Crippen LogP contribution is -2.35. The Balaban J connectivity index is 1.58. The van der Waals surface area contributed by atoms with E-state index < -0.39 is 9.84 Å². The Bertz CT molecular complexity index is 867. The topological polar surface area (TPSA) is 110 Å². The molecule has 2 heterocycles. The number of hydrogen-bond donors (Lipinski definition) is 2. The highest BCUT2D eigenvalue weighted by atomic mass is 32.2. The molecular weight excluding hydrogens is 356 g/mol. The van der Waals surface area contributed by atoms with E-state index in [0.717, 1.165) is 11.4 Å². The minimum atomic E-state index is -3.04. The van der Waals surface area contributed by atoms with E-state index in [9.17, 15) is 13.2 Å². The molecule has 2 N–H and O–H groups in total. The van der Waals surface area contributed by atoms with Crippen molar-refractivity contribution < 1.29 is 17.9 Å². The zero-order valence-corrected chi connectivity index (χ0v) is 15.1. The molecule has 8 nitrogen and oxygen atoms in total. The van der Waals surface area contributed by atoms with Crippen LogP contribution in [0.2, 0.25) is 0 Å². The van der Waals surface area contributed by atoms with Crippen molar-refractivity contribution in [3.8, 4) is 5.75 Å². The van der Waals surface area contributed by atoms with Crippen LogP contribution in [-0.2, 0) is 9.84 Å². The van der Waals surface area contributed by atoms with Crippen LogP contribution < -0.4 is 15.4 Å². The Morgan fingerprint density at radius 1 is 1.23 bits per heavy atom. The monoisotopic (exact) mass is 376 g/mol. The third kappa shape index (κ3) is 4.69. The summed E-state index contributed by atoms with van der Waals surface area (Å²) in [7, 11) is -3.04. The fourth-order valence-electron chi connectivity index (χ4n) is 2.62. The minimum absolute atomic E-state index is 0.0169. The van der Waals surface area contributed by atoms with Gasteiger partial charge >= 0.3 is 0 Å². The average molecular weight is 376 g/mol. The molecule has 26 heavy (non-hydrogen) atoms. The summed E-state index contributed by atoms with van der Waals surface area (Å²) < 4.78 is 28.3. The summed E-state index contributed by atoms with van der Waals surface area (Å²) >= 11 is 0. The summed E-state index contributed by atoms with van der Waals surface area (Å²) in [6.45, 7) is 2.52. The molecule has 1 amide bonds. The van der Waals surface area contributed by atoms with Crippen molar-refractivity contribution in [3.05, 3.63) is 42.2 Å². The maximum absolute atomic E-state index is 12.2. The molecule has 0 saturated carbocycles. The van der Waals surface area contributed by atoms with Crippen LogP contribution in [0.5, 0.6) is 5.75 Å². The number of amides is 1. The fourth-order valence-corrected chi connectivity index (χ4v) is 4.29. The van der Waals surface area contributed by atoms with Gasteiger partial charge in [0.25, 0.3) is 5.91 Å². The van der Waals surface area contributed by atoms with E-state index in [-0.39, 0.29) is 29.0 Å². The number of carbonyl (C=O) groups is 1. The van der Waals surface area contributed by atoms with Crippen LogP contribution in [-0.4, -0.2) is 48.4 Å². The average Bonchev–Trinajstić information content (AvgIpc) is 2.96. The van der Waals surface area contributed by atoms with Crippen molar-refractivity contribution in [3.63, 3.8) is 0 Å². The van der Waals surface area contributed by atoms with Gasteiger partial charge < -0.3 is 15.4 Å². The van der Waals surface area contributed by atoms with Crippen molar-refractivity contribution in [2.24, 2.45) is 0 Å². The van der Waals surface area contributed by atoms with Gasteiger partial charge in [0.1, 0.15) is 5.75 Å². The van der Waals surface area contributed by atoms with Gasteiger partial charge in [-0.05, 0) is 37.6 Å². The maximum atomic E-state index is 12.2. The van der Waals surface area contributed by atoms with Gasteiger partial charge in [-0.2, -0.15) is 0 Å². The minimum Gasteiger partial charge on any atom is -0.494 e. The van der Waals surface area contributed by atoms with Crippen molar-refractivity contribution >= 4 is 27.4 Å². The second kappa shape index (κ2) is 7.69. The molecule has 1 fully saturated rings. The summed E-state index contributed by atoms with van der Waals surface area (Å²) in [5.41, 5.74) is 1.08. The summed E-state index contributed by atoms with van der Waals surface area (Å²) in [6.07, 6.45) is 3.25. The molecule has 0 radical (unpaired) electrons. The summed E-state index contributed by atoms with van der Waals surface area (Å²) in [6, 6.07) is 7.01. The molecular formula is C17H20N4O4S. The number of rotatable bonds is 6. The molecule has 1 aromatic heterocycles. The molecule has 1 saturated heterocycles. The molecule has 1 aromatic carbocycles. The molecule has 0 aliphatic carbocycles. The Kier molecular flexibility index (Phi) is 5.36. The van der Waals surface area contributed by atoms with Crippen LogP contribution >= 0.6 is 0 Å². The maximum Gasteiger partial charge on any atom is 0.254 e. The van der Waals surface area contributed by atoms with E-state index in [1.165, 1.54) is 12.4 Å². The van der Waals surface area contributed by atoms with Gasteiger partial charge in [-0.15, -0.1) is 0 Å². The lowest BCUT2D eigenvalue weighted by molar-refractivity contribution is 0.0940. The number of benzene rings is 1. The molecule has 2 aromatic rings. The van der Waals surface area contributed by atoms with Crippen molar-refractivity contribution in [2.45, 2.75) is 19.4 Å². The van der Waals surface area contributed by atoms with Gasteiger partial charge in [-0.1, -0.05) is 0 Å². The second-order valence-electron chi connectivity index (χ2n) is 5.95. The van der Waals surface area contributed by atoms with Crippen molar-refractivity contribution in [2.75, 3.05) is 23.4 Å². The molecule has 0 spiro atoms. The molecule has 1 atom stereocenters. The Morgan fingerprint density at radius 2 is 1.92 bits per heavy atom. The van der Waals surface area contributed by atoms with Crippen LogP contribution in [0, 0.1) is 0 Å². The number of nitrogens with one attached hydrogen (secondary N) is 2. The standard InChI is InChI=1S/C17H20N4O4S/c1-2-25-15-5-3-13(4-6-15)21-17-18-9-12(10-19-17)16(22)20-14-7-8-26(23,24)11-14/h3-6,9-10,14H,2,7-8,11H2,1H3,(H,20,22)(H,18,19,21). The van der Waals surface area contributed by atoms with Gasteiger partial charge in [0, 0.05) is 24.1 Å². The first-order valence-electron chi connectivity index (χ1n) is 8.28. The third-order valence-corrected chi connectivity index (χ3v) is 5.67. The SMILES string of the molecule is CCOc1ccc(Nc2ncc(C(=O)NC3CCS(=O)(=O)C3)cn2)cc1. The lowest BCUT2D eigenvalue weighted by atomic mass is 10.2. The van der Waals surface area contributed by atoms with Crippen molar-refractivity contribution in [1.82, 2.24) is 15.3 Å². The van der Waals surface area contributed by atoms with E-state index in [4.69, 9.17) is 4.74 Å². The van der Waals surface area contributed by atoms with Crippen LogP contribution in [0.4, 0.5) is 11.6 Å². The first kappa shape index (κ1) is 18.1. The molecule has 1 aliphatic heterocycles. The zero-order valence-electron chi connectivity index (χ0n) is 14.3. The first-order chi connectivity index (χ1) is 12.4. The van der Waals surface area contributed by atoms with Crippen LogP contribution in [0.1, 0.15) is 23.7 Å². The number of sulfone groups is 1. The molecule has 0 bridgehead atoms. The van der Waals surface area contributed by atoms with E-state index in [0.29, 0.717) is 19.0 Å². The molecule has 9 heteroatoms. The second-order valence-corrected chi connectivity index (χ2v) is 8.18. The predicted molar refractivity (Wildman–Crippen MR) is 97.5 cm³/mol. The lowest BCUT2D eigenvalue weighted by Gasteiger charge is -2.11. The quantitative estimate of drug-likeness (QED) is 0.787. The summed E-state index contributed by atoms with van der Waals surface area (Å²) in [5, 5.41) is 5.74. The summed E-state index contributed by atoms with van der Waals surface area (Å²) in [4.78, 5) is 20.4. The Morgan fingerprint density at radius 3 is 2.50 bits per heavy atom. The number of aromatic nitrogens is 2. The molecule has 3 rings (SSSR count). The third-order valence-electron chi connectivity index (χ3n) is 3.90. The van der Waals surface area contributed by atoms with Crippen LogP contribution in [0.15, 0.2) is 36.7 Å². The van der Waals surface area contributed by atoms with Gasteiger partial charge in [0.05, 0.1) is 23.7 Å². The highest BCUT2D eigenvalue weighted by molar-refractivity contribution is 7.91. The normalized spacial score (nSPS) is 18.3. The summed E-state index contributed by atoms with van der Waals surface area (Å²) in [5.74, 6) is 0.852. The van der Waals surface area contributed by atoms with Gasteiger partial charge in [-0.3, -0.25) is 4.79 Å². The fraction of sp³-hybridized carbons (Fsp3) is 0.353. The van der Waals surface area contributed by atoms with Crippen LogP contribution in [0.25, 0.3) is 0 Å². The number of carbonyl (C=O) groups excluding carboxylic acids is 1. The van der Waals surface area contributed by atoms with E-state index in [1.54, 1.807) is 0 Å². The highest BCUT2D eigenvalue weighted by Gasteiger charge is 2.29. The van der Waals surface area contributed by atoms with Crippen molar-refractivity contribution in [1.29, 1.82) is 0 Å². The zero-order chi connectivity index (χ0) is 18.6. The van der Waals surface area contributed by atoms with E-state index in [2.05, 4.69) is 20.6 Å². The van der Waals surface area contributed by atoms with Gasteiger partial charge in [0.2, 0.25) is 5.95 Å². The number of nitrogens with zero attached hydrogens (tertiary/aromatic N) is 2. The van der Waals surface area contributed by atoms with Crippen LogP contribution in [0.3, 0.4) is 0 Å². The number of anilines is 2. The number of ether oxygens (including phenoxy) is 1. The van der Waals surface area contributed by atoms with E-state index in [1.807, 2.05) is 31.2 Å². The van der Waals surface area contributed by atoms with Gasteiger partial charge in [0.15, 0.2) is 9.84 Å². The smallest absolute Gasteiger partial charge is 0.254 e. The molecule has 1 unspecified atom stereocenters.